The second kappa shape index (κ2) is 5.63. The van der Waals surface area contributed by atoms with Crippen LogP contribution in [-0.4, -0.2) is 31.7 Å². The first-order valence-electron chi connectivity index (χ1n) is 5.24. The number of rotatable bonds is 5. The van der Waals surface area contributed by atoms with Gasteiger partial charge in [-0.3, -0.25) is 9.59 Å². The third-order valence-corrected chi connectivity index (χ3v) is 3.83. The molecule has 0 aliphatic rings. The predicted molar refractivity (Wildman–Crippen MR) is 67.9 cm³/mol. The molecule has 0 radical (unpaired) electrons. The summed E-state index contributed by atoms with van der Waals surface area (Å²) in [7, 11) is -3.35. The quantitative estimate of drug-likeness (QED) is 0.794. The van der Waals surface area contributed by atoms with Crippen LogP contribution < -0.4 is 11.1 Å². The molecule has 1 aromatic carbocycles. The highest BCUT2D eigenvalue weighted by molar-refractivity contribution is 7.92. The standard InChI is InChI=1S/C11H14N2O4S/c1-2-18(16,17)7-10(14)13-9-5-3-8(4-6-9)11(12)15/h3-6H,2,7H2,1H3,(H2,12,15)(H,13,14). The van der Waals surface area contributed by atoms with Gasteiger partial charge in [0.2, 0.25) is 11.8 Å². The Bertz CT molecular complexity index is 549. The second-order valence-corrected chi connectivity index (χ2v) is 6.02. The zero-order valence-corrected chi connectivity index (χ0v) is 10.7. The topological polar surface area (TPSA) is 106 Å². The Hall–Kier alpha value is -1.89. The van der Waals surface area contributed by atoms with Gasteiger partial charge in [0, 0.05) is 17.0 Å². The Morgan fingerprint density at radius 3 is 2.22 bits per heavy atom. The van der Waals surface area contributed by atoms with Crippen LogP contribution in [0.2, 0.25) is 0 Å². The predicted octanol–water partition coefficient (Wildman–Crippen LogP) is 0.159. The highest BCUT2D eigenvalue weighted by Gasteiger charge is 2.14. The van der Waals surface area contributed by atoms with Crippen molar-refractivity contribution in [2.45, 2.75) is 6.92 Å². The molecular weight excluding hydrogens is 256 g/mol. The number of nitrogens with two attached hydrogens (primary N) is 1. The van der Waals surface area contributed by atoms with Gasteiger partial charge in [-0.05, 0) is 24.3 Å². The first-order valence-corrected chi connectivity index (χ1v) is 7.06. The number of anilines is 1. The fourth-order valence-corrected chi connectivity index (χ4v) is 1.89. The second-order valence-electron chi connectivity index (χ2n) is 3.67. The molecular formula is C11H14N2O4S. The van der Waals surface area contributed by atoms with Gasteiger partial charge < -0.3 is 11.1 Å². The van der Waals surface area contributed by atoms with Crippen molar-refractivity contribution in [3.05, 3.63) is 29.8 Å². The molecule has 2 amide bonds. The van der Waals surface area contributed by atoms with Crippen LogP contribution in [0.4, 0.5) is 5.69 Å². The van der Waals surface area contributed by atoms with Gasteiger partial charge in [-0.2, -0.15) is 0 Å². The number of benzene rings is 1. The first-order chi connectivity index (χ1) is 8.34. The molecule has 0 aliphatic heterocycles. The largest absolute Gasteiger partial charge is 0.366 e. The van der Waals surface area contributed by atoms with E-state index in [2.05, 4.69) is 5.32 Å². The molecule has 0 saturated carbocycles. The fraction of sp³-hybridized carbons (Fsp3) is 0.273. The van der Waals surface area contributed by atoms with Crippen molar-refractivity contribution in [3.8, 4) is 0 Å². The SMILES string of the molecule is CCS(=O)(=O)CC(=O)Nc1ccc(C(N)=O)cc1. The Labute approximate surface area is 105 Å². The van der Waals surface area contributed by atoms with Crippen molar-refractivity contribution in [2.24, 2.45) is 5.73 Å². The molecule has 0 aromatic heterocycles. The Morgan fingerprint density at radius 1 is 1.22 bits per heavy atom. The summed E-state index contributed by atoms with van der Waals surface area (Å²) in [4.78, 5) is 22.2. The summed E-state index contributed by atoms with van der Waals surface area (Å²) < 4.78 is 22.4. The summed E-state index contributed by atoms with van der Waals surface area (Å²) in [6.07, 6.45) is 0. The highest BCUT2D eigenvalue weighted by atomic mass is 32.2. The molecule has 0 fully saturated rings. The fourth-order valence-electron chi connectivity index (χ4n) is 1.22. The third-order valence-electron chi connectivity index (χ3n) is 2.24. The number of hydrogen-bond acceptors (Lipinski definition) is 4. The summed E-state index contributed by atoms with van der Waals surface area (Å²) in [6.45, 7) is 1.48. The van der Waals surface area contributed by atoms with Gasteiger partial charge in [-0.25, -0.2) is 8.42 Å². The molecule has 98 valence electrons. The molecule has 7 heteroatoms. The van der Waals surface area contributed by atoms with E-state index in [1.807, 2.05) is 0 Å². The molecule has 3 N–H and O–H groups in total. The van der Waals surface area contributed by atoms with E-state index in [9.17, 15) is 18.0 Å². The van der Waals surface area contributed by atoms with Gasteiger partial charge in [0.05, 0.1) is 0 Å². The van der Waals surface area contributed by atoms with Crippen LogP contribution in [0.15, 0.2) is 24.3 Å². The number of primary amides is 1. The van der Waals surface area contributed by atoms with Gasteiger partial charge in [-0.15, -0.1) is 0 Å². The average molecular weight is 270 g/mol. The van der Waals surface area contributed by atoms with Crippen LogP contribution in [-0.2, 0) is 14.6 Å². The monoisotopic (exact) mass is 270 g/mol. The van der Waals surface area contributed by atoms with E-state index in [4.69, 9.17) is 5.73 Å². The van der Waals surface area contributed by atoms with Crippen molar-refractivity contribution in [1.82, 2.24) is 0 Å². The van der Waals surface area contributed by atoms with Crippen molar-refractivity contribution in [2.75, 3.05) is 16.8 Å². The van der Waals surface area contributed by atoms with E-state index in [1.54, 1.807) is 0 Å². The number of nitrogens with one attached hydrogen (secondary N) is 1. The Morgan fingerprint density at radius 2 is 1.78 bits per heavy atom. The van der Waals surface area contributed by atoms with E-state index in [-0.39, 0.29) is 5.75 Å². The molecule has 0 spiro atoms. The first kappa shape index (κ1) is 14.2. The number of carbonyl (C=O) groups is 2. The van der Waals surface area contributed by atoms with Gasteiger partial charge >= 0.3 is 0 Å². The molecule has 0 saturated heterocycles. The summed E-state index contributed by atoms with van der Waals surface area (Å²) in [5.74, 6) is -1.81. The van der Waals surface area contributed by atoms with Crippen molar-refractivity contribution >= 4 is 27.3 Å². The van der Waals surface area contributed by atoms with Gasteiger partial charge in [0.25, 0.3) is 0 Å². The zero-order valence-electron chi connectivity index (χ0n) is 9.84. The molecule has 1 rings (SSSR count). The van der Waals surface area contributed by atoms with Crippen molar-refractivity contribution < 1.29 is 18.0 Å². The molecule has 6 nitrogen and oxygen atoms in total. The van der Waals surface area contributed by atoms with Crippen LogP contribution >= 0.6 is 0 Å². The Kier molecular flexibility index (Phi) is 4.43. The van der Waals surface area contributed by atoms with Crippen LogP contribution in [0.5, 0.6) is 0 Å². The van der Waals surface area contributed by atoms with Gasteiger partial charge in [0.15, 0.2) is 9.84 Å². The van der Waals surface area contributed by atoms with Gasteiger partial charge in [0.1, 0.15) is 5.75 Å². The maximum Gasteiger partial charge on any atom is 0.248 e. The lowest BCUT2D eigenvalue weighted by atomic mass is 10.2. The van der Waals surface area contributed by atoms with Crippen molar-refractivity contribution in [3.63, 3.8) is 0 Å². The Balaban J connectivity index is 2.68. The average Bonchev–Trinajstić information content (AvgIpc) is 2.29. The lowest BCUT2D eigenvalue weighted by molar-refractivity contribution is -0.113. The van der Waals surface area contributed by atoms with E-state index in [1.165, 1.54) is 31.2 Å². The summed E-state index contributed by atoms with van der Waals surface area (Å²) in [5, 5.41) is 2.43. The normalized spacial score (nSPS) is 10.9. The van der Waals surface area contributed by atoms with Crippen LogP contribution in [0.1, 0.15) is 17.3 Å². The van der Waals surface area contributed by atoms with Crippen LogP contribution in [0.3, 0.4) is 0 Å². The minimum absolute atomic E-state index is 0.0823. The van der Waals surface area contributed by atoms with E-state index < -0.39 is 27.4 Å². The number of amides is 2. The smallest absolute Gasteiger partial charge is 0.248 e. The molecule has 0 heterocycles. The maximum atomic E-state index is 11.4. The van der Waals surface area contributed by atoms with Gasteiger partial charge in [-0.1, -0.05) is 6.92 Å². The number of carbonyl (C=O) groups excluding carboxylic acids is 2. The molecule has 0 bridgehead atoms. The number of sulfone groups is 1. The minimum Gasteiger partial charge on any atom is -0.366 e. The third kappa shape index (κ3) is 4.17. The summed E-state index contributed by atoms with van der Waals surface area (Å²) in [6, 6.07) is 5.87. The molecule has 0 unspecified atom stereocenters. The maximum absolute atomic E-state index is 11.4. The molecule has 1 aromatic rings. The summed E-state index contributed by atoms with van der Waals surface area (Å²) in [5.41, 5.74) is 5.79. The van der Waals surface area contributed by atoms with Crippen molar-refractivity contribution in [1.29, 1.82) is 0 Å². The minimum atomic E-state index is -3.35. The number of hydrogen-bond donors (Lipinski definition) is 2. The molecule has 0 atom stereocenters. The zero-order chi connectivity index (χ0) is 13.8. The molecule has 18 heavy (non-hydrogen) atoms. The van der Waals surface area contributed by atoms with Crippen LogP contribution in [0.25, 0.3) is 0 Å². The summed E-state index contributed by atoms with van der Waals surface area (Å²) >= 11 is 0. The lowest BCUT2D eigenvalue weighted by Crippen LogP contribution is -2.24. The molecule has 0 aliphatic carbocycles. The van der Waals surface area contributed by atoms with E-state index >= 15 is 0 Å². The highest BCUT2D eigenvalue weighted by Crippen LogP contribution is 2.09. The van der Waals surface area contributed by atoms with E-state index in [0.717, 1.165) is 0 Å². The van der Waals surface area contributed by atoms with E-state index in [0.29, 0.717) is 11.3 Å². The van der Waals surface area contributed by atoms with Crippen LogP contribution in [0, 0.1) is 0 Å². The lowest BCUT2D eigenvalue weighted by Gasteiger charge is -2.05.